The fourth-order valence-electron chi connectivity index (χ4n) is 1.70. The number of aliphatic hydroxyl groups is 1. The van der Waals surface area contributed by atoms with Gasteiger partial charge in [0.25, 0.3) is 0 Å². The predicted molar refractivity (Wildman–Crippen MR) is 80.3 cm³/mol. The molecule has 0 saturated carbocycles. The summed E-state index contributed by atoms with van der Waals surface area (Å²) in [7, 11) is 0. The topological polar surface area (TPSA) is 72.6 Å². The summed E-state index contributed by atoms with van der Waals surface area (Å²) in [6.45, 7) is 1.52. The Morgan fingerprint density at radius 3 is 2.57 bits per heavy atom. The van der Waals surface area contributed by atoms with Crippen LogP contribution in [-0.4, -0.2) is 10.0 Å². The van der Waals surface area contributed by atoms with Gasteiger partial charge in [0.15, 0.2) is 0 Å². The van der Waals surface area contributed by atoms with Gasteiger partial charge in [0, 0.05) is 6.07 Å². The number of benzene rings is 2. The Morgan fingerprint density at radius 2 is 1.95 bits per heavy atom. The van der Waals surface area contributed by atoms with E-state index in [4.69, 9.17) is 27.9 Å². The van der Waals surface area contributed by atoms with Crippen LogP contribution in [0.4, 0.5) is 5.69 Å². The van der Waals surface area contributed by atoms with Crippen molar-refractivity contribution in [3.63, 3.8) is 0 Å². The number of nitrogens with zero attached hydrogens (tertiary/aromatic N) is 1. The maximum atomic E-state index is 11.1. The standard InChI is InChI=1S/C14H11Cl2NO4/c1-8(18)9-5-6-12(11(7-9)17(19)20)21-13-4-2-3-10(15)14(13)16/h2-8,18H,1H3/t8-/m1/s1. The van der Waals surface area contributed by atoms with Gasteiger partial charge in [0.2, 0.25) is 5.75 Å². The molecule has 7 heteroatoms. The Morgan fingerprint density at radius 1 is 1.24 bits per heavy atom. The number of hydrogen-bond donors (Lipinski definition) is 1. The van der Waals surface area contributed by atoms with Crippen LogP contribution in [-0.2, 0) is 0 Å². The molecule has 0 unspecified atom stereocenters. The smallest absolute Gasteiger partial charge is 0.311 e. The van der Waals surface area contributed by atoms with Gasteiger partial charge < -0.3 is 9.84 Å². The highest BCUT2D eigenvalue weighted by Crippen LogP contribution is 2.38. The highest BCUT2D eigenvalue weighted by molar-refractivity contribution is 6.42. The molecule has 0 aliphatic carbocycles. The molecule has 0 heterocycles. The zero-order valence-corrected chi connectivity index (χ0v) is 12.4. The molecule has 110 valence electrons. The number of nitro benzene ring substituents is 1. The number of ether oxygens (including phenoxy) is 1. The van der Waals surface area contributed by atoms with E-state index < -0.39 is 11.0 Å². The van der Waals surface area contributed by atoms with Gasteiger partial charge in [-0.15, -0.1) is 0 Å². The molecule has 0 aliphatic rings. The molecule has 0 amide bonds. The number of halogens is 2. The van der Waals surface area contributed by atoms with Gasteiger partial charge in [-0.3, -0.25) is 10.1 Å². The largest absolute Gasteiger partial charge is 0.449 e. The molecule has 2 aromatic carbocycles. The van der Waals surface area contributed by atoms with E-state index in [1.165, 1.54) is 19.1 Å². The molecule has 2 rings (SSSR count). The van der Waals surface area contributed by atoms with Crippen LogP contribution in [0.3, 0.4) is 0 Å². The number of hydrogen-bond acceptors (Lipinski definition) is 4. The molecule has 0 spiro atoms. The van der Waals surface area contributed by atoms with Gasteiger partial charge in [-0.2, -0.15) is 0 Å². The zero-order valence-electron chi connectivity index (χ0n) is 10.9. The first kappa shape index (κ1) is 15.6. The van der Waals surface area contributed by atoms with Crippen LogP contribution in [0, 0.1) is 10.1 Å². The molecule has 1 N–H and O–H groups in total. The van der Waals surface area contributed by atoms with Gasteiger partial charge in [0.1, 0.15) is 10.8 Å². The fourth-order valence-corrected chi connectivity index (χ4v) is 2.03. The molecular formula is C14H11Cl2NO4. The van der Waals surface area contributed by atoms with E-state index in [-0.39, 0.29) is 27.2 Å². The van der Waals surface area contributed by atoms with E-state index >= 15 is 0 Å². The van der Waals surface area contributed by atoms with Crippen molar-refractivity contribution in [1.82, 2.24) is 0 Å². The first-order chi connectivity index (χ1) is 9.90. The highest BCUT2D eigenvalue weighted by atomic mass is 35.5. The molecule has 21 heavy (non-hydrogen) atoms. The lowest BCUT2D eigenvalue weighted by Crippen LogP contribution is -1.97. The van der Waals surface area contributed by atoms with E-state index in [9.17, 15) is 15.2 Å². The summed E-state index contributed by atoms with van der Waals surface area (Å²) in [6.07, 6.45) is -0.812. The molecule has 0 saturated heterocycles. The zero-order chi connectivity index (χ0) is 15.6. The highest BCUT2D eigenvalue weighted by Gasteiger charge is 2.19. The molecule has 0 bridgehead atoms. The van der Waals surface area contributed by atoms with Gasteiger partial charge in [0.05, 0.1) is 16.0 Å². The lowest BCUT2D eigenvalue weighted by atomic mass is 10.1. The third-order valence-corrected chi connectivity index (χ3v) is 3.60. The van der Waals surface area contributed by atoms with Crippen LogP contribution in [0.25, 0.3) is 0 Å². The van der Waals surface area contributed by atoms with Crippen LogP contribution in [0.15, 0.2) is 36.4 Å². The van der Waals surface area contributed by atoms with Crippen LogP contribution < -0.4 is 4.74 Å². The third kappa shape index (κ3) is 3.44. The van der Waals surface area contributed by atoms with Crippen molar-refractivity contribution in [1.29, 1.82) is 0 Å². The maximum Gasteiger partial charge on any atom is 0.311 e. The summed E-state index contributed by atoms with van der Waals surface area (Å²) in [5, 5.41) is 21.1. The molecule has 0 aliphatic heterocycles. The second-order valence-electron chi connectivity index (χ2n) is 4.31. The molecule has 0 aromatic heterocycles. The molecule has 0 fully saturated rings. The quantitative estimate of drug-likeness (QED) is 0.649. The third-order valence-electron chi connectivity index (χ3n) is 2.80. The Balaban J connectivity index is 2.44. The first-order valence-electron chi connectivity index (χ1n) is 5.98. The van der Waals surface area contributed by atoms with Crippen molar-refractivity contribution in [2.24, 2.45) is 0 Å². The summed E-state index contributed by atoms with van der Waals surface area (Å²) in [5.41, 5.74) is 0.163. The lowest BCUT2D eigenvalue weighted by Gasteiger charge is -2.10. The number of rotatable bonds is 4. The summed E-state index contributed by atoms with van der Waals surface area (Å²) in [6, 6.07) is 8.99. The van der Waals surface area contributed by atoms with Gasteiger partial charge in [-0.1, -0.05) is 35.3 Å². The SMILES string of the molecule is C[C@@H](O)c1ccc(Oc2cccc(Cl)c2Cl)c([N+](=O)[O-])c1. The van der Waals surface area contributed by atoms with Crippen molar-refractivity contribution in [2.45, 2.75) is 13.0 Å². The Hall–Kier alpha value is -1.82. The summed E-state index contributed by atoms with van der Waals surface area (Å²) < 4.78 is 5.48. The number of aliphatic hydroxyl groups excluding tert-OH is 1. The molecule has 0 radical (unpaired) electrons. The van der Waals surface area contributed by atoms with Crippen molar-refractivity contribution >= 4 is 28.9 Å². The van der Waals surface area contributed by atoms with E-state index in [1.54, 1.807) is 24.3 Å². The summed E-state index contributed by atoms with van der Waals surface area (Å²) in [4.78, 5) is 10.5. The average molecular weight is 328 g/mol. The normalized spacial score (nSPS) is 12.0. The van der Waals surface area contributed by atoms with Crippen LogP contribution in [0.5, 0.6) is 11.5 Å². The summed E-state index contributed by atoms with van der Waals surface area (Å²) in [5.74, 6) is 0.241. The monoisotopic (exact) mass is 327 g/mol. The molecular weight excluding hydrogens is 317 g/mol. The Bertz CT molecular complexity index is 689. The minimum Gasteiger partial charge on any atom is -0.449 e. The fraction of sp³-hybridized carbons (Fsp3) is 0.143. The second-order valence-corrected chi connectivity index (χ2v) is 5.10. The van der Waals surface area contributed by atoms with Crippen molar-refractivity contribution in [3.05, 3.63) is 62.1 Å². The lowest BCUT2D eigenvalue weighted by molar-refractivity contribution is -0.385. The Kier molecular flexibility index (Phi) is 4.67. The van der Waals surface area contributed by atoms with E-state index in [2.05, 4.69) is 0 Å². The average Bonchev–Trinajstić information content (AvgIpc) is 2.43. The second kappa shape index (κ2) is 6.30. The van der Waals surface area contributed by atoms with Gasteiger partial charge in [-0.05, 0) is 30.7 Å². The summed E-state index contributed by atoms with van der Waals surface area (Å²) >= 11 is 11.9. The van der Waals surface area contributed by atoms with Crippen molar-refractivity contribution < 1.29 is 14.8 Å². The molecule has 5 nitrogen and oxygen atoms in total. The van der Waals surface area contributed by atoms with Crippen molar-refractivity contribution in [3.8, 4) is 11.5 Å². The molecule has 2 aromatic rings. The van der Waals surface area contributed by atoms with Crippen molar-refractivity contribution in [2.75, 3.05) is 0 Å². The minimum atomic E-state index is -0.812. The predicted octanol–water partition coefficient (Wildman–Crippen LogP) is 4.75. The van der Waals surface area contributed by atoms with Crippen LogP contribution in [0.2, 0.25) is 10.0 Å². The first-order valence-corrected chi connectivity index (χ1v) is 6.74. The number of nitro groups is 1. The van der Waals surface area contributed by atoms with E-state index in [0.717, 1.165) is 0 Å². The van der Waals surface area contributed by atoms with Crippen LogP contribution in [0.1, 0.15) is 18.6 Å². The van der Waals surface area contributed by atoms with Crippen LogP contribution >= 0.6 is 23.2 Å². The maximum absolute atomic E-state index is 11.1. The minimum absolute atomic E-state index is 0.0218. The van der Waals surface area contributed by atoms with E-state index in [1.807, 2.05) is 0 Å². The Labute approximate surface area is 130 Å². The van der Waals surface area contributed by atoms with Gasteiger partial charge >= 0.3 is 5.69 Å². The molecule has 1 atom stereocenters. The van der Waals surface area contributed by atoms with E-state index in [0.29, 0.717) is 5.56 Å². The van der Waals surface area contributed by atoms with Gasteiger partial charge in [-0.25, -0.2) is 0 Å².